The van der Waals surface area contributed by atoms with Crippen molar-refractivity contribution >= 4 is 39.0 Å². The van der Waals surface area contributed by atoms with Crippen LogP contribution < -0.4 is 10.6 Å². The summed E-state index contributed by atoms with van der Waals surface area (Å²) in [5.41, 5.74) is 1.35. The van der Waals surface area contributed by atoms with Crippen molar-refractivity contribution in [1.29, 1.82) is 0 Å². The molecule has 174 valence electrons. The van der Waals surface area contributed by atoms with E-state index in [1.165, 1.54) is 11.3 Å². The number of pyridine rings is 1. The SMILES string of the molecule is Cc1nc(Nc2ccncc2)nc(NC2(O)CCC3C(O)C3C2O)c1-c1nc2ccccc2s1. The third-order valence-corrected chi connectivity index (χ3v) is 7.82. The molecule has 2 fully saturated rings. The maximum atomic E-state index is 11.4. The molecular formula is C24H24N6O3S. The lowest BCUT2D eigenvalue weighted by atomic mass is 9.88. The maximum Gasteiger partial charge on any atom is 0.229 e. The first kappa shape index (κ1) is 21.4. The van der Waals surface area contributed by atoms with Crippen LogP contribution in [0.25, 0.3) is 20.8 Å². The van der Waals surface area contributed by atoms with Crippen molar-refractivity contribution in [2.75, 3.05) is 10.6 Å². The zero-order valence-electron chi connectivity index (χ0n) is 18.4. The van der Waals surface area contributed by atoms with Crippen LogP contribution in [0, 0.1) is 18.8 Å². The zero-order valence-corrected chi connectivity index (χ0v) is 19.2. The lowest BCUT2D eigenvalue weighted by Gasteiger charge is -2.37. The van der Waals surface area contributed by atoms with E-state index in [0.717, 1.165) is 20.9 Å². The summed E-state index contributed by atoms with van der Waals surface area (Å²) < 4.78 is 1.03. The van der Waals surface area contributed by atoms with Crippen molar-refractivity contribution in [2.45, 2.75) is 37.7 Å². The molecule has 5 N–H and O–H groups in total. The Balaban J connectivity index is 1.43. The molecule has 6 rings (SSSR count). The average Bonchev–Trinajstić information content (AvgIpc) is 3.28. The molecule has 1 aromatic carbocycles. The number of nitrogens with one attached hydrogen (secondary N) is 2. The van der Waals surface area contributed by atoms with Gasteiger partial charge in [-0.3, -0.25) is 4.98 Å². The molecule has 3 aromatic heterocycles. The van der Waals surface area contributed by atoms with Crippen LogP contribution in [0.4, 0.5) is 17.5 Å². The number of hydrogen-bond acceptors (Lipinski definition) is 10. The van der Waals surface area contributed by atoms with Gasteiger partial charge in [0.25, 0.3) is 0 Å². The van der Waals surface area contributed by atoms with Gasteiger partial charge < -0.3 is 26.0 Å². The van der Waals surface area contributed by atoms with Crippen molar-refractivity contribution < 1.29 is 15.3 Å². The number of para-hydroxylation sites is 1. The summed E-state index contributed by atoms with van der Waals surface area (Å²) in [5, 5.41) is 39.4. The van der Waals surface area contributed by atoms with Gasteiger partial charge in [-0.05, 0) is 49.9 Å². The molecule has 10 heteroatoms. The highest BCUT2D eigenvalue weighted by Crippen LogP contribution is 2.53. The Morgan fingerprint density at radius 2 is 1.85 bits per heavy atom. The number of anilines is 3. The maximum absolute atomic E-state index is 11.4. The van der Waals surface area contributed by atoms with Crippen LogP contribution in [-0.2, 0) is 0 Å². The molecule has 5 atom stereocenters. The number of thiazole rings is 1. The lowest BCUT2D eigenvalue weighted by molar-refractivity contribution is -0.0887. The van der Waals surface area contributed by atoms with Crippen LogP contribution in [0.5, 0.6) is 0 Å². The molecule has 2 aliphatic rings. The number of benzene rings is 1. The highest BCUT2D eigenvalue weighted by Gasteiger charge is 2.62. The Kier molecular flexibility index (Phi) is 4.99. The second-order valence-electron chi connectivity index (χ2n) is 8.97. The molecule has 3 heterocycles. The van der Waals surface area contributed by atoms with E-state index < -0.39 is 17.9 Å². The molecular weight excluding hydrogens is 452 g/mol. The Labute approximate surface area is 199 Å². The monoisotopic (exact) mass is 476 g/mol. The largest absolute Gasteiger partial charge is 0.392 e. The number of hydrogen-bond donors (Lipinski definition) is 5. The number of aromatic nitrogens is 4. The van der Waals surface area contributed by atoms with E-state index in [-0.39, 0.29) is 11.8 Å². The van der Waals surface area contributed by atoms with Gasteiger partial charge in [-0.2, -0.15) is 4.98 Å². The first-order valence-corrected chi connectivity index (χ1v) is 12.0. The van der Waals surface area contributed by atoms with E-state index in [2.05, 4.69) is 25.6 Å². The Morgan fingerprint density at radius 1 is 1.06 bits per heavy atom. The summed E-state index contributed by atoms with van der Waals surface area (Å²) in [7, 11) is 0. The topological polar surface area (TPSA) is 136 Å². The van der Waals surface area contributed by atoms with Crippen molar-refractivity contribution in [3.05, 3.63) is 54.5 Å². The van der Waals surface area contributed by atoms with Gasteiger partial charge in [0.15, 0.2) is 5.72 Å². The smallest absolute Gasteiger partial charge is 0.229 e. The molecule has 4 aromatic rings. The van der Waals surface area contributed by atoms with Gasteiger partial charge in [-0.1, -0.05) is 12.1 Å². The summed E-state index contributed by atoms with van der Waals surface area (Å²) >= 11 is 1.52. The molecule has 9 nitrogen and oxygen atoms in total. The van der Waals surface area contributed by atoms with Crippen LogP contribution in [0.15, 0.2) is 48.8 Å². The van der Waals surface area contributed by atoms with E-state index in [9.17, 15) is 15.3 Å². The van der Waals surface area contributed by atoms with Crippen LogP contribution >= 0.6 is 11.3 Å². The molecule has 0 bridgehead atoms. The minimum atomic E-state index is -1.63. The minimum absolute atomic E-state index is 0.0388. The van der Waals surface area contributed by atoms with E-state index >= 15 is 0 Å². The molecule has 2 aliphatic carbocycles. The number of aryl methyl sites for hydroxylation is 1. The van der Waals surface area contributed by atoms with Crippen LogP contribution in [0.3, 0.4) is 0 Å². The summed E-state index contributed by atoms with van der Waals surface area (Å²) in [6.45, 7) is 1.87. The summed E-state index contributed by atoms with van der Waals surface area (Å²) in [4.78, 5) is 18.1. The number of aliphatic hydroxyl groups is 3. The summed E-state index contributed by atoms with van der Waals surface area (Å²) in [6, 6.07) is 11.5. The van der Waals surface area contributed by atoms with Crippen LogP contribution in [0.2, 0.25) is 0 Å². The van der Waals surface area contributed by atoms with Crippen molar-refractivity contribution in [3.63, 3.8) is 0 Å². The highest BCUT2D eigenvalue weighted by atomic mass is 32.1. The van der Waals surface area contributed by atoms with Gasteiger partial charge in [-0.25, -0.2) is 9.97 Å². The molecule has 0 amide bonds. The first-order chi connectivity index (χ1) is 16.4. The van der Waals surface area contributed by atoms with Crippen LogP contribution in [-0.4, -0.2) is 53.2 Å². The average molecular weight is 477 g/mol. The molecule has 34 heavy (non-hydrogen) atoms. The second-order valence-corrected chi connectivity index (χ2v) is 10.00. The van der Waals surface area contributed by atoms with Gasteiger partial charge in [0.2, 0.25) is 5.95 Å². The quantitative estimate of drug-likeness (QED) is 0.275. The number of aliphatic hydroxyl groups excluding tert-OH is 2. The number of rotatable bonds is 5. The van der Waals surface area contributed by atoms with E-state index in [0.29, 0.717) is 35.9 Å². The zero-order chi connectivity index (χ0) is 23.4. The van der Waals surface area contributed by atoms with Crippen molar-refractivity contribution in [3.8, 4) is 10.6 Å². The van der Waals surface area contributed by atoms with E-state index in [1.54, 1.807) is 24.5 Å². The fourth-order valence-corrected chi connectivity index (χ4v) is 5.94. The third kappa shape index (κ3) is 3.59. The molecule has 5 unspecified atom stereocenters. The fraction of sp³-hybridized carbons (Fsp3) is 0.333. The van der Waals surface area contributed by atoms with Gasteiger partial charge >= 0.3 is 0 Å². The molecule has 0 spiro atoms. The van der Waals surface area contributed by atoms with E-state index in [1.807, 2.05) is 31.2 Å². The molecule has 0 radical (unpaired) electrons. The Hall–Kier alpha value is -3.18. The Morgan fingerprint density at radius 3 is 2.65 bits per heavy atom. The van der Waals surface area contributed by atoms with Crippen LogP contribution in [0.1, 0.15) is 18.5 Å². The van der Waals surface area contributed by atoms with Crippen molar-refractivity contribution in [2.24, 2.45) is 11.8 Å². The van der Waals surface area contributed by atoms with Gasteiger partial charge in [0.1, 0.15) is 16.9 Å². The predicted octanol–water partition coefficient (Wildman–Crippen LogP) is 3.06. The third-order valence-electron chi connectivity index (χ3n) is 6.77. The summed E-state index contributed by atoms with van der Waals surface area (Å²) in [6.07, 6.45) is 2.56. The van der Waals surface area contributed by atoms with Gasteiger partial charge in [0, 0.05) is 24.0 Å². The fourth-order valence-electron chi connectivity index (χ4n) is 4.88. The number of nitrogens with zero attached hydrogens (tertiary/aromatic N) is 4. The minimum Gasteiger partial charge on any atom is -0.392 e. The predicted molar refractivity (Wildman–Crippen MR) is 130 cm³/mol. The van der Waals surface area contributed by atoms with Gasteiger partial charge in [0.05, 0.1) is 27.6 Å². The lowest BCUT2D eigenvalue weighted by Crippen LogP contribution is -2.53. The van der Waals surface area contributed by atoms with Crippen molar-refractivity contribution in [1.82, 2.24) is 19.9 Å². The Bertz CT molecular complexity index is 1330. The van der Waals surface area contributed by atoms with Gasteiger partial charge in [-0.15, -0.1) is 11.3 Å². The summed E-state index contributed by atoms with van der Waals surface area (Å²) in [5.74, 6) is 0.416. The molecule has 2 saturated carbocycles. The second kappa shape index (κ2) is 7.95. The van der Waals surface area contributed by atoms with E-state index in [4.69, 9.17) is 4.98 Å². The first-order valence-electron chi connectivity index (χ1n) is 11.2. The molecule has 0 aliphatic heterocycles. The normalized spacial score (nSPS) is 27.9. The highest BCUT2D eigenvalue weighted by molar-refractivity contribution is 7.21. The molecule has 0 saturated heterocycles. The number of fused-ring (bicyclic) bond motifs is 2. The standard InChI is InChI=1S/C24H24N6O3S/c1-12-17(22-28-15-4-2-3-5-16(15)34-22)21(29-23(26-12)27-13-7-10-25-11-8-13)30-24(33)9-6-14-18(19(14)31)20(24)32/h2-5,7-8,10-11,14,18-20,31-33H,6,9H2,1H3,(H2,25,26,27,29,30).